The molecule has 0 aliphatic heterocycles. The highest BCUT2D eigenvalue weighted by atomic mass is 16.5. The van der Waals surface area contributed by atoms with E-state index in [0.29, 0.717) is 18.2 Å². The molecule has 0 fully saturated rings. The van der Waals surface area contributed by atoms with E-state index in [1.807, 2.05) is 54.6 Å². The predicted molar refractivity (Wildman–Crippen MR) is 115 cm³/mol. The monoisotopic (exact) mass is 390 g/mol. The van der Waals surface area contributed by atoms with Crippen molar-refractivity contribution in [3.63, 3.8) is 0 Å². The molecule has 0 bridgehead atoms. The lowest BCUT2D eigenvalue weighted by Crippen LogP contribution is -2.38. The molecule has 0 spiro atoms. The standard InChI is InChI=1S/C23H26N4O2/c1-17(19-7-5-4-6-8-19)27-23(24-2)26-16-18-9-14-22(25-15-18)29-21-12-10-20(28-3)11-13-21/h4-15,17H,16H2,1-3H3,(H2,24,26,27). The summed E-state index contributed by atoms with van der Waals surface area (Å²) in [5, 5.41) is 6.70. The van der Waals surface area contributed by atoms with Crippen LogP contribution in [-0.2, 0) is 6.54 Å². The first kappa shape index (κ1) is 20.2. The van der Waals surface area contributed by atoms with Gasteiger partial charge in [-0.3, -0.25) is 4.99 Å². The van der Waals surface area contributed by atoms with Crippen LogP contribution in [0, 0.1) is 0 Å². The van der Waals surface area contributed by atoms with Crippen molar-refractivity contribution in [2.75, 3.05) is 14.2 Å². The van der Waals surface area contributed by atoms with E-state index in [0.717, 1.165) is 17.3 Å². The molecule has 0 saturated heterocycles. The lowest BCUT2D eigenvalue weighted by atomic mass is 10.1. The molecule has 0 aliphatic carbocycles. The number of aromatic nitrogens is 1. The SMILES string of the molecule is CN=C(NCc1ccc(Oc2ccc(OC)cc2)nc1)NC(C)c1ccccc1. The number of benzene rings is 2. The summed E-state index contributed by atoms with van der Waals surface area (Å²) in [5.74, 6) is 2.78. The van der Waals surface area contributed by atoms with Crippen molar-refractivity contribution in [2.24, 2.45) is 4.99 Å². The number of hydrogen-bond donors (Lipinski definition) is 2. The summed E-state index contributed by atoms with van der Waals surface area (Å²) in [5.41, 5.74) is 2.24. The van der Waals surface area contributed by atoms with Crippen molar-refractivity contribution in [1.29, 1.82) is 0 Å². The van der Waals surface area contributed by atoms with Gasteiger partial charge in [0.2, 0.25) is 5.88 Å². The number of rotatable bonds is 7. The molecule has 3 rings (SSSR count). The van der Waals surface area contributed by atoms with E-state index in [-0.39, 0.29) is 6.04 Å². The van der Waals surface area contributed by atoms with E-state index in [1.54, 1.807) is 20.4 Å². The van der Waals surface area contributed by atoms with Gasteiger partial charge in [-0.25, -0.2) is 4.98 Å². The Morgan fingerprint density at radius 1 is 1.00 bits per heavy atom. The van der Waals surface area contributed by atoms with Crippen molar-refractivity contribution in [3.05, 3.63) is 84.1 Å². The first-order valence-corrected chi connectivity index (χ1v) is 9.47. The third kappa shape index (κ3) is 5.97. The van der Waals surface area contributed by atoms with Gasteiger partial charge >= 0.3 is 0 Å². The normalized spacial score (nSPS) is 12.2. The van der Waals surface area contributed by atoms with Gasteiger partial charge in [-0.05, 0) is 42.3 Å². The molecular formula is C23H26N4O2. The second-order valence-electron chi connectivity index (χ2n) is 6.48. The molecule has 0 aliphatic rings. The highest BCUT2D eigenvalue weighted by molar-refractivity contribution is 5.80. The van der Waals surface area contributed by atoms with Gasteiger partial charge in [-0.15, -0.1) is 0 Å². The highest BCUT2D eigenvalue weighted by Crippen LogP contribution is 2.22. The fraction of sp³-hybridized carbons (Fsp3) is 0.217. The minimum atomic E-state index is 0.154. The lowest BCUT2D eigenvalue weighted by Gasteiger charge is -2.18. The second-order valence-corrected chi connectivity index (χ2v) is 6.48. The Morgan fingerprint density at radius 2 is 1.72 bits per heavy atom. The van der Waals surface area contributed by atoms with E-state index < -0.39 is 0 Å². The fourth-order valence-corrected chi connectivity index (χ4v) is 2.75. The van der Waals surface area contributed by atoms with Gasteiger partial charge in [0.15, 0.2) is 5.96 Å². The highest BCUT2D eigenvalue weighted by Gasteiger charge is 2.07. The number of guanidine groups is 1. The minimum Gasteiger partial charge on any atom is -0.497 e. The van der Waals surface area contributed by atoms with E-state index in [4.69, 9.17) is 9.47 Å². The van der Waals surface area contributed by atoms with E-state index in [2.05, 4.69) is 39.7 Å². The molecule has 6 heteroatoms. The number of pyridine rings is 1. The van der Waals surface area contributed by atoms with Crippen molar-refractivity contribution in [1.82, 2.24) is 15.6 Å². The van der Waals surface area contributed by atoms with Gasteiger partial charge in [-0.2, -0.15) is 0 Å². The maximum absolute atomic E-state index is 5.76. The molecule has 150 valence electrons. The predicted octanol–water partition coefficient (Wildman–Crippen LogP) is 4.31. The van der Waals surface area contributed by atoms with Crippen LogP contribution in [0.4, 0.5) is 0 Å². The minimum absolute atomic E-state index is 0.154. The zero-order valence-corrected chi connectivity index (χ0v) is 16.9. The largest absolute Gasteiger partial charge is 0.497 e. The van der Waals surface area contributed by atoms with Crippen LogP contribution in [0.2, 0.25) is 0 Å². The van der Waals surface area contributed by atoms with Gasteiger partial charge in [0, 0.05) is 25.9 Å². The molecule has 29 heavy (non-hydrogen) atoms. The van der Waals surface area contributed by atoms with Crippen LogP contribution < -0.4 is 20.1 Å². The molecule has 1 unspecified atom stereocenters. The van der Waals surface area contributed by atoms with Crippen LogP contribution in [0.5, 0.6) is 17.4 Å². The van der Waals surface area contributed by atoms with Crippen LogP contribution in [0.1, 0.15) is 24.1 Å². The Hall–Kier alpha value is -3.54. The summed E-state index contributed by atoms with van der Waals surface area (Å²) >= 11 is 0. The molecule has 1 aromatic heterocycles. The zero-order chi connectivity index (χ0) is 20.5. The smallest absolute Gasteiger partial charge is 0.219 e. The average Bonchev–Trinajstić information content (AvgIpc) is 2.78. The summed E-state index contributed by atoms with van der Waals surface area (Å²) < 4.78 is 10.9. The molecule has 0 amide bonds. The first-order valence-electron chi connectivity index (χ1n) is 9.47. The number of hydrogen-bond acceptors (Lipinski definition) is 4. The maximum atomic E-state index is 5.76. The topological polar surface area (TPSA) is 67.8 Å². The summed E-state index contributed by atoms with van der Waals surface area (Å²) in [6, 6.07) is 21.6. The number of ether oxygens (including phenoxy) is 2. The van der Waals surface area contributed by atoms with Crippen LogP contribution in [0.25, 0.3) is 0 Å². The van der Waals surface area contributed by atoms with Gasteiger partial charge in [0.05, 0.1) is 13.2 Å². The molecule has 0 saturated carbocycles. The molecule has 1 heterocycles. The molecule has 3 aromatic rings. The van der Waals surface area contributed by atoms with Crippen molar-refractivity contribution in [2.45, 2.75) is 19.5 Å². The van der Waals surface area contributed by atoms with E-state index in [9.17, 15) is 0 Å². The Bertz CT molecular complexity index is 910. The molecule has 2 N–H and O–H groups in total. The number of nitrogens with zero attached hydrogens (tertiary/aromatic N) is 2. The molecule has 0 radical (unpaired) electrons. The van der Waals surface area contributed by atoms with Crippen LogP contribution in [0.3, 0.4) is 0 Å². The van der Waals surface area contributed by atoms with Crippen LogP contribution >= 0.6 is 0 Å². The van der Waals surface area contributed by atoms with Crippen molar-refractivity contribution in [3.8, 4) is 17.4 Å². The quantitative estimate of drug-likeness (QED) is 0.465. The van der Waals surface area contributed by atoms with Gasteiger partial charge in [0.1, 0.15) is 11.5 Å². The summed E-state index contributed by atoms with van der Waals surface area (Å²) in [4.78, 5) is 8.67. The summed E-state index contributed by atoms with van der Waals surface area (Å²) in [7, 11) is 3.40. The maximum Gasteiger partial charge on any atom is 0.219 e. The Labute approximate surface area is 171 Å². The molecule has 1 atom stereocenters. The Kier molecular flexibility index (Phi) is 7.05. The van der Waals surface area contributed by atoms with E-state index in [1.165, 1.54) is 5.56 Å². The number of methoxy groups -OCH3 is 1. The average molecular weight is 390 g/mol. The molecule has 6 nitrogen and oxygen atoms in total. The van der Waals surface area contributed by atoms with Crippen molar-refractivity contribution < 1.29 is 9.47 Å². The number of nitrogens with one attached hydrogen (secondary N) is 2. The lowest BCUT2D eigenvalue weighted by molar-refractivity contribution is 0.412. The summed E-state index contributed by atoms with van der Waals surface area (Å²) in [6.45, 7) is 2.71. The van der Waals surface area contributed by atoms with Crippen molar-refractivity contribution >= 4 is 5.96 Å². The first-order chi connectivity index (χ1) is 14.2. The third-order valence-corrected chi connectivity index (χ3v) is 4.42. The third-order valence-electron chi connectivity index (χ3n) is 4.42. The molecule has 2 aromatic carbocycles. The summed E-state index contributed by atoms with van der Waals surface area (Å²) in [6.07, 6.45) is 1.79. The second kappa shape index (κ2) is 10.1. The fourth-order valence-electron chi connectivity index (χ4n) is 2.75. The van der Waals surface area contributed by atoms with E-state index >= 15 is 0 Å². The van der Waals surface area contributed by atoms with Gasteiger partial charge < -0.3 is 20.1 Å². The number of aliphatic imine (C=N–C) groups is 1. The molecular weight excluding hydrogens is 364 g/mol. The Balaban J connectivity index is 1.52. The Morgan fingerprint density at radius 3 is 2.34 bits per heavy atom. The zero-order valence-electron chi connectivity index (χ0n) is 16.9. The van der Waals surface area contributed by atoms with Crippen LogP contribution in [0.15, 0.2) is 77.9 Å². The van der Waals surface area contributed by atoms with Gasteiger partial charge in [0.25, 0.3) is 0 Å². The van der Waals surface area contributed by atoms with Gasteiger partial charge in [-0.1, -0.05) is 36.4 Å². The van der Waals surface area contributed by atoms with Crippen LogP contribution in [-0.4, -0.2) is 25.1 Å².